The van der Waals surface area contributed by atoms with Crippen LogP contribution in [0.1, 0.15) is 42.4 Å². The molecule has 0 spiro atoms. The first-order valence-electron chi connectivity index (χ1n) is 9.50. The van der Waals surface area contributed by atoms with Gasteiger partial charge in [-0.2, -0.15) is 5.26 Å². The number of thiophene rings is 1. The Hall–Kier alpha value is -2.36. The number of nitriles is 1. The highest BCUT2D eigenvalue weighted by Gasteiger charge is 2.45. The molecule has 1 aromatic heterocycles. The Kier molecular flexibility index (Phi) is 4.92. The van der Waals surface area contributed by atoms with E-state index >= 15 is 0 Å². The summed E-state index contributed by atoms with van der Waals surface area (Å²) in [6, 6.07) is 14.1. The molecule has 2 aliphatic rings. The van der Waals surface area contributed by atoms with E-state index in [9.17, 15) is 10.1 Å². The minimum atomic E-state index is -0.393. The maximum atomic E-state index is 13.4. The van der Waals surface area contributed by atoms with Crippen LogP contribution in [0.4, 0.5) is 5.69 Å². The molecule has 2 aromatic rings. The molecule has 2 heterocycles. The van der Waals surface area contributed by atoms with Gasteiger partial charge in [0.1, 0.15) is 5.82 Å². The molecule has 4 rings (SSSR count). The van der Waals surface area contributed by atoms with Gasteiger partial charge < -0.3 is 5.73 Å². The molecule has 1 aromatic carbocycles. The van der Waals surface area contributed by atoms with Crippen LogP contribution in [-0.4, -0.2) is 5.78 Å². The van der Waals surface area contributed by atoms with Crippen LogP contribution in [0.2, 0.25) is 0 Å². The summed E-state index contributed by atoms with van der Waals surface area (Å²) >= 11 is 5.23. The number of hydrogen-bond donors (Lipinski definition) is 1. The zero-order chi connectivity index (χ0) is 20.9. The van der Waals surface area contributed by atoms with E-state index < -0.39 is 5.92 Å². The van der Waals surface area contributed by atoms with Crippen molar-refractivity contribution >= 4 is 38.7 Å². The van der Waals surface area contributed by atoms with E-state index in [0.29, 0.717) is 23.4 Å². The number of hydrogen-bond acceptors (Lipinski definition) is 5. The second-order valence-electron chi connectivity index (χ2n) is 8.38. The Bertz CT molecular complexity index is 1120. The number of Topliss-reactive ketones (excluding diaryl/α,β-unsaturated/α-hetero) is 1. The molecule has 1 aliphatic heterocycles. The topological polar surface area (TPSA) is 70.1 Å². The van der Waals surface area contributed by atoms with Crippen molar-refractivity contribution in [1.29, 1.82) is 5.26 Å². The lowest BCUT2D eigenvalue weighted by molar-refractivity contribution is -0.118. The zero-order valence-electron chi connectivity index (χ0n) is 16.6. The van der Waals surface area contributed by atoms with Crippen LogP contribution in [-0.2, 0) is 4.79 Å². The summed E-state index contributed by atoms with van der Waals surface area (Å²) in [5.74, 6) is 0.111. The number of aryl methyl sites for hydroxylation is 1. The molecule has 1 atom stereocenters. The van der Waals surface area contributed by atoms with Crippen LogP contribution in [0.15, 0.2) is 63.5 Å². The number of nitrogens with zero attached hydrogens (tertiary/aromatic N) is 2. The Labute approximate surface area is 183 Å². The van der Waals surface area contributed by atoms with Crippen LogP contribution in [0.3, 0.4) is 0 Å². The van der Waals surface area contributed by atoms with E-state index in [1.807, 2.05) is 48.2 Å². The van der Waals surface area contributed by atoms with Gasteiger partial charge in [0.25, 0.3) is 0 Å². The summed E-state index contributed by atoms with van der Waals surface area (Å²) in [5.41, 5.74) is 9.37. The van der Waals surface area contributed by atoms with Gasteiger partial charge in [-0.15, -0.1) is 11.3 Å². The number of anilines is 1. The van der Waals surface area contributed by atoms with Gasteiger partial charge in [-0.25, -0.2) is 0 Å². The molecular formula is C23H22BrN3OS. The van der Waals surface area contributed by atoms with Crippen molar-refractivity contribution in [3.8, 4) is 6.07 Å². The molecule has 0 bridgehead atoms. The van der Waals surface area contributed by atoms with Crippen molar-refractivity contribution in [3.05, 3.63) is 73.3 Å². The number of rotatable bonds is 2. The van der Waals surface area contributed by atoms with Gasteiger partial charge in [0, 0.05) is 31.9 Å². The third-order valence-electron chi connectivity index (χ3n) is 5.52. The van der Waals surface area contributed by atoms with Crippen LogP contribution in [0.5, 0.6) is 0 Å². The van der Waals surface area contributed by atoms with Gasteiger partial charge in [0.05, 0.1) is 23.2 Å². The molecular weight excluding hydrogens is 446 g/mol. The molecule has 2 N–H and O–H groups in total. The molecule has 29 heavy (non-hydrogen) atoms. The Balaban J connectivity index is 2.02. The summed E-state index contributed by atoms with van der Waals surface area (Å²) in [7, 11) is 0. The molecule has 1 aliphatic carbocycles. The first kappa shape index (κ1) is 19.9. The summed E-state index contributed by atoms with van der Waals surface area (Å²) in [5, 5.41) is 10.1. The van der Waals surface area contributed by atoms with Crippen LogP contribution < -0.4 is 10.6 Å². The summed E-state index contributed by atoms with van der Waals surface area (Å²) in [6.07, 6.45) is 1.19. The second-order valence-corrected chi connectivity index (χ2v) is 10.6. The molecule has 0 saturated heterocycles. The fraction of sp³-hybridized carbons (Fsp3) is 0.304. The first-order chi connectivity index (χ1) is 13.7. The van der Waals surface area contributed by atoms with E-state index in [1.165, 1.54) is 0 Å². The second kappa shape index (κ2) is 7.16. The van der Waals surface area contributed by atoms with E-state index in [-0.39, 0.29) is 11.2 Å². The molecule has 4 nitrogen and oxygen atoms in total. The van der Waals surface area contributed by atoms with E-state index in [4.69, 9.17) is 5.73 Å². The number of nitrogens with two attached hydrogens (primary N) is 1. The van der Waals surface area contributed by atoms with Crippen LogP contribution >= 0.6 is 27.3 Å². The fourth-order valence-electron chi connectivity index (χ4n) is 4.31. The lowest BCUT2D eigenvalue weighted by atomic mass is 9.69. The molecule has 0 saturated carbocycles. The number of benzene rings is 1. The lowest BCUT2D eigenvalue weighted by Crippen LogP contribution is -2.42. The molecule has 148 valence electrons. The van der Waals surface area contributed by atoms with Crippen molar-refractivity contribution in [2.75, 3.05) is 4.90 Å². The number of carbonyl (C=O) groups excluding carboxylic acids is 1. The summed E-state index contributed by atoms with van der Waals surface area (Å²) < 4.78 is 0.869. The highest BCUT2D eigenvalue weighted by Crippen LogP contribution is 2.51. The average Bonchev–Trinajstić information content (AvgIpc) is 3.07. The predicted molar refractivity (Wildman–Crippen MR) is 120 cm³/mol. The molecule has 0 radical (unpaired) electrons. The number of ketones is 1. The van der Waals surface area contributed by atoms with Crippen molar-refractivity contribution < 1.29 is 4.79 Å². The SMILES string of the molecule is Cc1ccc(C2C(C#N)=C(N)N(c3ccccc3Br)C3=C2C(=O)CC(C)(C)C3)s1. The first-order valence-corrected chi connectivity index (χ1v) is 11.1. The maximum Gasteiger partial charge on any atom is 0.162 e. The van der Waals surface area contributed by atoms with Crippen molar-refractivity contribution in [2.24, 2.45) is 11.1 Å². The van der Waals surface area contributed by atoms with Gasteiger partial charge in [-0.05, 0) is 59.0 Å². The van der Waals surface area contributed by atoms with Crippen molar-refractivity contribution in [1.82, 2.24) is 0 Å². The molecule has 0 fully saturated rings. The van der Waals surface area contributed by atoms with Gasteiger partial charge in [-0.3, -0.25) is 9.69 Å². The number of carbonyl (C=O) groups is 1. The molecule has 6 heteroatoms. The molecule has 0 amide bonds. The highest BCUT2D eigenvalue weighted by atomic mass is 79.9. The van der Waals surface area contributed by atoms with Gasteiger partial charge >= 0.3 is 0 Å². The van der Waals surface area contributed by atoms with Gasteiger partial charge in [-0.1, -0.05) is 26.0 Å². The standard InChI is InChI=1S/C23H22BrN3OS/c1-13-8-9-19(29-13)20-14(12-25)22(26)27(16-7-5-4-6-15(16)24)17-10-23(2,3)11-18(28)21(17)20/h4-9,20H,10-11,26H2,1-3H3. The van der Waals surface area contributed by atoms with Gasteiger partial charge in [0.2, 0.25) is 0 Å². The van der Waals surface area contributed by atoms with Gasteiger partial charge in [0.15, 0.2) is 5.78 Å². The monoisotopic (exact) mass is 467 g/mol. The summed E-state index contributed by atoms with van der Waals surface area (Å²) in [6.45, 7) is 6.25. The lowest BCUT2D eigenvalue weighted by Gasteiger charge is -2.43. The quantitative estimate of drug-likeness (QED) is 0.609. The smallest absolute Gasteiger partial charge is 0.162 e. The predicted octanol–water partition coefficient (Wildman–Crippen LogP) is 5.76. The number of halogens is 1. The largest absolute Gasteiger partial charge is 0.384 e. The normalized spacial score (nSPS) is 21.3. The number of para-hydroxylation sites is 1. The van der Waals surface area contributed by atoms with E-state index in [0.717, 1.165) is 32.0 Å². The fourth-order valence-corrected chi connectivity index (χ4v) is 5.77. The Morgan fingerprint density at radius 1 is 1.24 bits per heavy atom. The van der Waals surface area contributed by atoms with Crippen molar-refractivity contribution in [2.45, 2.75) is 39.5 Å². The third kappa shape index (κ3) is 3.33. The number of allylic oxidation sites excluding steroid dienone is 3. The Morgan fingerprint density at radius 2 is 1.97 bits per heavy atom. The van der Waals surface area contributed by atoms with Crippen LogP contribution in [0.25, 0.3) is 0 Å². The zero-order valence-corrected chi connectivity index (χ0v) is 19.0. The van der Waals surface area contributed by atoms with Crippen molar-refractivity contribution in [3.63, 3.8) is 0 Å². The maximum absolute atomic E-state index is 13.4. The summed E-state index contributed by atoms with van der Waals surface area (Å²) in [4.78, 5) is 17.5. The third-order valence-corrected chi connectivity index (χ3v) is 7.26. The minimum Gasteiger partial charge on any atom is -0.384 e. The van der Waals surface area contributed by atoms with Crippen LogP contribution in [0, 0.1) is 23.7 Å². The molecule has 1 unspecified atom stereocenters. The van der Waals surface area contributed by atoms with E-state index in [1.54, 1.807) is 11.3 Å². The average molecular weight is 468 g/mol. The minimum absolute atomic E-state index is 0.101. The highest BCUT2D eigenvalue weighted by molar-refractivity contribution is 9.10. The Morgan fingerprint density at radius 3 is 2.59 bits per heavy atom. The van der Waals surface area contributed by atoms with E-state index in [2.05, 4.69) is 35.8 Å².